The highest BCUT2D eigenvalue weighted by Crippen LogP contribution is 2.16. The smallest absolute Gasteiger partial charge is 0.0809 e. The lowest BCUT2D eigenvalue weighted by Crippen LogP contribution is -2.22. The van der Waals surface area contributed by atoms with Crippen molar-refractivity contribution < 1.29 is 9.47 Å². The number of hydrogen-bond acceptors (Lipinski definition) is 3. The molecule has 1 aliphatic rings. The SMILES string of the molecule is Cc1ccccc1C(N)COCC1CCCO1. The first-order valence-corrected chi connectivity index (χ1v) is 6.28. The summed E-state index contributed by atoms with van der Waals surface area (Å²) in [6.07, 6.45) is 2.54. The molecule has 17 heavy (non-hydrogen) atoms. The average molecular weight is 235 g/mol. The van der Waals surface area contributed by atoms with Gasteiger partial charge < -0.3 is 15.2 Å². The topological polar surface area (TPSA) is 44.5 Å². The first-order valence-electron chi connectivity index (χ1n) is 6.28. The summed E-state index contributed by atoms with van der Waals surface area (Å²) in [5.41, 5.74) is 8.50. The van der Waals surface area contributed by atoms with Crippen LogP contribution in [0.1, 0.15) is 30.0 Å². The van der Waals surface area contributed by atoms with Gasteiger partial charge in [0.25, 0.3) is 0 Å². The number of ether oxygens (including phenoxy) is 2. The molecule has 0 bridgehead atoms. The molecule has 0 spiro atoms. The molecule has 0 aliphatic carbocycles. The zero-order valence-corrected chi connectivity index (χ0v) is 10.4. The van der Waals surface area contributed by atoms with Gasteiger partial charge in [-0.15, -0.1) is 0 Å². The fourth-order valence-corrected chi connectivity index (χ4v) is 2.19. The molecule has 0 radical (unpaired) electrons. The molecule has 2 atom stereocenters. The maximum Gasteiger partial charge on any atom is 0.0809 e. The lowest BCUT2D eigenvalue weighted by atomic mass is 10.0. The maximum absolute atomic E-state index is 6.11. The minimum Gasteiger partial charge on any atom is -0.377 e. The normalized spacial score (nSPS) is 21.6. The minimum absolute atomic E-state index is 0.0439. The van der Waals surface area contributed by atoms with Crippen LogP contribution in [0.25, 0.3) is 0 Å². The summed E-state index contributed by atoms with van der Waals surface area (Å²) in [4.78, 5) is 0. The number of benzene rings is 1. The van der Waals surface area contributed by atoms with Crippen molar-refractivity contribution in [1.29, 1.82) is 0 Å². The highest BCUT2D eigenvalue weighted by atomic mass is 16.5. The molecule has 1 aromatic carbocycles. The molecule has 1 aliphatic heterocycles. The second-order valence-corrected chi connectivity index (χ2v) is 4.64. The predicted octanol–water partition coefficient (Wildman–Crippen LogP) is 2.19. The van der Waals surface area contributed by atoms with Crippen molar-refractivity contribution >= 4 is 0 Å². The van der Waals surface area contributed by atoms with Gasteiger partial charge in [0.05, 0.1) is 25.4 Å². The van der Waals surface area contributed by atoms with E-state index in [1.54, 1.807) is 0 Å². The second kappa shape index (κ2) is 6.15. The van der Waals surface area contributed by atoms with E-state index in [4.69, 9.17) is 15.2 Å². The number of nitrogens with two attached hydrogens (primary N) is 1. The van der Waals surface area contributed by atoms with Crippen LogP contribution in [0.15, 0.2) is 24.3 Å². The molecule has 2 N–H and O–H groups in total. The molecule has 94 valence electrons. The minimum atomic E-state index is -0.0439. The molecule has 0 saturated carbocycles. The van der Waals surface area contributed by atoms with Crippen LogP contribution in [0.4, 0.5) is 0 Å². The van der Waals surface area contributed by atoms with Crippen LogP contribution in [0, 0.1) is 6.92 Å². The summed E-state index contributed by atoms with van der Waals surface area (Å²) in [6.45, 7) is 4.18. The van der Waals surface area contributed by atoms with Crippen LogP contribution >= 0.6 is 0 Å². The largest absolute Gasteiger partial charge is 0.377 e. The molecule has 3 heteroatoms. The van der Waals surface area contributed by atoms with Crippen LogP contribution < -0.4 is 5.73 Å². The summed E-state index contributed by atoms with van der Waals surface area (Å²) in [7, 11) is 0. The van der Waals surface area contributed by atoms with E-state index in [1.165, 1.54) is 11.1 Å². The van der Waals surface area contributed by atoms with Gasteiger partial charge in [0.15, 0.2) is 0 Å². The highest BCUT2D eigenvalue weighted by molar-refractivity contribution is 5.28. The number of hydrogen-bond donors (Lipinski definition) is 1. The van der Waals surface area contributed by atoms with E-state index in [2.05, 4.69) is 19.1 Å². The van der Waals surface area contributed by atoms with Crippen LogP contribution in [0.5, 0.6) is 0 Å². The van der Waals surface area contributed by atoms with E-state index in [1.807, 2.05) is 12.1 Å². The van der Waals surface area contributed by atoms with E-state index < -0.39 is 0 Å². The third-order valence-electron chi connectivity index (χ3n) is 3.21. The van der Waals surface area contributed by atoms with Crippen molar-refractivity contribution in [1.82, 2.24) is 0 Å². The fraction of sp³-hybridized carbons (Fsp3) is 0.571. The molecule has 0 aromatic heterocycles. The van der Waals surface area contributed by atoms with Gasteiger partial charge in [-0.05, 0) is 30.9 Å². The Bertz CT molecular complexity index is 348. The first-order chi connectivity index (χ1) is 8.27. The molecule has 1 aromatic rings. The zero-order valence-electron chi connectivity index (χ0n) is 10.4. The van der Waals surface area contributed by atoms with Crippen molar-refractivity contribution in [2.45, 2.75) is 31.9 Å². The Balaban J connectivity index is 1.77. The maximum atomic E-state index is 6.11. The van der Waals surface area contributed by atoms with Crippen LogP contribution in [-0.4, -0.2) is 25.9 Å². The molecular weight excluding hydrogens is 214 g/mol. The van der Waals surface area contributed by atoms with E-state index in [0.29, 0.717) is 13.2 Å². The van der Waals surface area contributed by atoms with Crippen molar-refractivity contribution in [3.8, 4) is 0 Å². The summed E-state index contributed by atoms with van der Waals surface area (Å²) in [5, 5.41) is 0. The van der Waals surface area contributed by atoms with Gasteiger partial charge in [-0.2, -0.15) is 0 Å². The Morgan fingerprint density at radius 1 is 1.47 bits per heavy atom. The van der Waals surface area contributed by atoms with E-state index in [9.17, 15) is 0 Å². The first kappa shape index (κ1) is 12.6. The summed E-state index contributed by atoms with van der Waals surface area (Å²) in [5.74, 6) is 0. The number of rotatable bonds is 5. The molecule has 3 nitrogen and oxygen atoms in total. The van der Waals surface area contributed by atoms with Gasteiger partial charge in [-0.3, -0.25) is 0 Å². The van der Waals surface area contributed by atoms with E-state index in [0.717, 1.165) is 19.4 Å². The van der Waals surface area contributed by atoms with E-state index >= 15 is 0 Å². The second-order valence-electron chi connectivity index (χ2n) is 4.64. The van der Waals surface area contributed by atoms with Crippen molar-refractivity contribution in [2.24, 2.45) is 5.73 Å². The third-order valence-corrected chi connectivity index (χ3v) is 3.21. The molecule has 2 unspecified atom stereocenters. The number of aryl methyl sites for hydroxylation is 1. The van der Waals surface area contributed by atoms with Gasteiger partial charge in [0.1, 0.15) is 0 Å². The predicted molar refractivity (Wildman–Crippen MR) is 67.9 cm³/mol. The average Bonchev–Trinajstić information content (AvgIpc) is 2.82. The zero-order chi connectivity index (χ0) is 12.1. The summed E-state index contributed by atoms with van der Waals surface area (Å²) >= 11 is 0. The van der Waals surface area contributed by atoms with Gasteiger partial charge in [0, 0.05) is 6.61 Å². The Kier molecular flexibility index (Phi) is 4.54. The lowest BCUT2D eigenvalue weighted by Gasteiger charge is -2.16. The Labute approximate surface area is 103 Å². The van der Waals surface area contributed by atoms with Gasteiger partial charge in [0.2, 0.25) is 0 Å². The Morgan fingerprint density at radius 3 is 3.00 bits per heavy atom. The molecule has 1 fully saturated rings. The fourth-order valence-electron chi connectivity index (χ4n) is 2.19. The van der Waals surface area contributed by atoms with Crippen LogP contribution in [0.2, 0.25) is 0 Å². The molecular formula is C14H21NO2. The van der Waals surface area contributed by atoms with Gasteiger partial charge in [-0.1, -0.05) is 24.3 Å². The van der Waals surface area contributed by atoms with Crippen LogP contribution in [-0.2, 0) is 9.47 Å². The molecule has 0 amide bonds. The standard InChI is InChI=1S/C14H21NO2/c1-11-5-2-3-7-13(11)14(15)10-16-9-12-6-4-8-17-12/h2-3,5,7,12,14H,4,6,8-10,15H2,1H3. The van der Waals surface area contributed by atoms with Crippen molar-refractivity contribution in [2.75, 3.05) is 19.8 Å². The quantitative estimate of drug-likeness (QED) is 0.851. The van der Waals surface area contributed by atoms with E-state index in [-0.39, 0.29) is 12.1 Å². The van der Waals surface area contributed by atoms with Crippen molar-refractivity contribution in [3.63, 3.8) is 0 Å². The highest BCUT2D eigenvalue weighted by Gasteiger charge is 2.16. The summed E-state index contributed by atoms with van der Waals surface area (Å²) < 4.78 is 11.1. The molecule has 1 saturated heterocycles. The monoisotopic (exact) mass is 235 g/mol. The molecule has 1 heterocycles. The Morgan fingerprint density at radius 2 is 2.29 bits per heavy atom. The third kappa shape index (κ3) is 3.53. The van der Waals surface area contributed by atoms with Crippen molar-refractivity contribution in [3.05, 3.63) is 35.4 Å². The van der Waals surface area contributed by atoms with Crippen LogP contribution in [0.3, 0.4) is 0 Å². The molecule has 2 rings (SSSR count). The Hall–Kier alpha value is -0.900. The summed E-state index contributed by atoms with van der Waals surface area (Å²) in [6, 6.07) is 8.14. The van der Waals surface area contributed by atoms with Gasteiger partial charge >= 0.3 is 0 Å². The lowest BCUT2D eigenvalue weighted by molar-refractivity contribution is 0.0129. The van der Waals surface area contributed by atoms with Gasteiger partial charge in [-0.25, -0.2) is 0 Å².